The van der Waals surface area contributed by atoms with Gasteiger partial charge in [-0.3, -0.25) is 0 Å². The van der Waals surface area contributed by atoms with Crippen LogP contribution in [0.3, 0.4) is 0 Å². The third kappa shape index (κ3) is 2.58. The highest BCUT2D eigenvalue weighted by atomic mass is 35.5. The van der Waals surface area contributed by atoms with E-state index >= 15 is 0 Å². The topological polar surface area (TPSA) is 61.6 Å². The van der Waals surface area contributed by atoms with Crippen LogP contribution in [0.4, 0.5) is 11.5 Å². The van der Waals surface area contributed by atoms with E-state index in [9.17, 15) is 0 Å². The molecule has 0 fully saturated rings. The van der Waals surface area contributed by atoms with E-state index in [0.29, 0.717) is 22.2 Å². The second kappa shape index (κ2) is 5.03. The molecule has 2 rings (SSSR count). The Hall–Kier alpha value is -2.12. The van der Waals surface area contributed by atoms with Crippen molar-refractivity contribution in [2.75, 3.05) is 5.32 Å². The fraction of sp³-hybridized carbons (Fsp3) is 0.154. The van der Waals surface area contributed by atoms with Gasteiger partial charge >= 0.3 is 0 Å². The molecule has 0 atom stereocenters. The summed E-state index contributed by atoms with van der Waals surface area (Å²) < 4.78 is 0. The van der Waals surface area contributed by atoms with E-state index in [-0.39, 0.29) is 0 Å². The molecule has 0 radical (unpaired) electrons. The number of nitrogens with one attached hydrogen (secondary N) is 1. The normalized spacial score (nSPS) is 9.89. The molecule has 1 N–H and O–H groups in total. The summed E-state index contributed by atoms with van der Waals surface area (Å²) in [7, 11) is 0. The lowest BCUT2D eigenvalue weighted by molar-refractivity contribution is 1.05. The van der Waals surface area contributed by atoms with Gasteiger partial charge in [-0.1, -0.05) is 17.7 Å². The van der Waals surface area contributed by atoms with Crippen molar-refractivity contribution in [3.8, 4) is 6.07 Å². The Morgan fingerprint density at radius 1 is 1.33 bits per heavy atom. The molecule has 1 aromatic carbocycles. The molecule has 4 nitrogen and oxygen atoms in total. The smallest absolute Gasteiger partial charge is 0.152 e. The fourth-order valence-corrected chi connectivity index (χ4v) is 1.63. The molecule has 5 heteroatoms. The molecule has 0 aliphatic rings. The largest absolute Gasteiger partial charge is 0.339 e. The van der Waals surface area contributed by atoms with E-state index in [1.165, 1.54) is 6.20 Å². The standard InChI is InChI=1S/C13H11ClN4/c1-8-3-4-11(5-12(8)14)18-13-10(6-15)7-16-9(2)17-13/h3-5,7H,1-2H3,(H,16,17,18). The van der Waals surface area contributed by atoms with E-state index in [1.807, 2.05) is 25.1 Å². The lowest BCUT2D eigenvalue weighted by Gasteiger charge is -2.08. The summed E-state index contributed by atoms with van der Waals surface area (Å²) >= 11 is 6.05. The lowest BCUT2D eigenvalue weighted by Crippen LogP contribution is -2.00. The Labute approximate surface area is 110 Å². The van der Waals surface area contributed by atoms with Crippen molar-refractivity contribution in [2.24, 2.45) is 0 Å². The minimum Gasteiger partial charge on any atom is -0.339 e. The molecule has 1 heterocycles. The Morgan fingerprint density at radius 3 is 2.78 bits per heavy atom. The van der Waals surface area contributed by atoms with Gasteiger partial charge < -0.3 is 5.32 Å². The van der Waals surface area contributed by atoms with E-state index in [1.54, 1.807) is 13.0 Å². The molecule has 0 saturated heterocycles. The first kappa shape index (κ1) is 12.3. The number of hydrogen-bond acceptors (Lipinski definition) is 4. The van der Waals surface area contributed by atoms with Gasteiger partial charge in [-0.15, -0.1) is 0 Å². The Balaban J connectivity index is 2.36. The molecule has 1 aromatic heterocycles. The zero-order valence-corrected chi connectivity index (χ0v) is 10.8. The average Bonchev–Trinajstić information content (AvgIpc) is 2.34. The molecule has 2 aromatic rings. The van der Waals surface area contributed by atoms with Crippen LogP contribution < -0.4 is 5.32 Å². The van der Waals surface area contributed by atoms with E-state index in [2.05, 4.69) is 15.3 Å². The number of anilines is 2. The zero-order chi connectivity index (χ0) is 13.1. The van der Waals surface area contributed by atoms with Crippen molar-refractivity contribution in [3.05, 3.63) is 46.4 Å². The van der Waals surface area contributed by atoms with E-state index in [0.717, 1.165) is 11.3 Å². The third-order valence-corrected chi connectivity index (χ3v) is 2.87. The first-order chi connectivity index (χ1) is 8.60. The van der Waals surface area contributed by atoms with Gasteiger partial charge in [0.25, 0.3) is 0 Å². The highest BCUT2D eigenvalue weighted by molar-refractivity contribution is 6.31. The van der Waals surface area contributed by atoms with Crippen LogP contribution in [0.1, 0.15) is 17.0 Å². The molecule has 0 saturated carbocycles. The molecule has 0 spiro atoms. The van der Waals surface area contributed by atoms with Crippen LogP contribution in [0.25, 0.3) is 0 Å². The second-order valence-corrected chi connectivity index (χ2v) is 4.29. The SMILES string of the molecule is Cc1ncc(C#N)c(Nc2ccc(C)c(Cl)c2)n1. The van der Waals surface area contributed by atoms with Gasteiger partial charge in [0.2, 0.25) is 0 Å². The number of hydrogen-bond donors (Lipinski definition) is 1. The third-order valence-electron chi connectivity index (χ3n) is 2.46. The number of benzene rings is 1. The predicted molar refractivity (Wildman–Crippen MR) is 71.0 cm³/mol. The lowest BCUT2D eigenvalue weighted by atomic mass is 10.2. The molecule has 0 aliphatic heterocycles. The van der Waals surface area contributed by atoms with Gasteiger partial charge in [-0.25, -0.2) is 9.97 Å². The van der Waals surface area contributed by atoms with Gasteiger partial charge in [0.05, 0.1) is 6.20 Å². The summed E-state index contributed by atoms with van der Waals surface area (Å²) in [4.78, 5) is 8.19. The highest BCUT2D eigenvalue weighted by Crippen LogP contribution is 2.23. The number of rotatable bonds is 2. The Bertz CT molecular complexity index is 631. The van der Waals surface area contributed by atoms with Crippen molar-refractivity contribution in [1.82, 2.24) is 9.97 Å². The number of nitriles is 1. The molecule has 18 heavy (non-hydrogen) atoms. The maximum atomic E-state index is 8.99. The number of halogens is 1. The Kier molecular flexibility index (Phi) is 3.45. The van der Waals surface area contributed by atoms with Gasteiger partial charge in [0, 0.05) is 10.7 Å². The zero-order valence-electron chi connectivity index (χ0n) is 10.0. The van der Waals surface area contributed by atoms with Crippen LogP contribution in [0.15, 0.2) is 24.4 Å². The quantitative estimate of drug-likeness (QED) is 0.897. The van der Waals surface area contributed by atoms with Crippen molar-refractivity contribution in [2.45, 2.75) is 13.8 Å². The van der Waals surface area contributed by atoms with Crippen LogP contribution >= 0.6 is 11.6 Å². The summed E-state index contributed by atoms with van der Waals surface area (Å²) in [6.45, 7) is 3.70. The van der Waals surface area contributed by atoms with E-state index < -0.39 is 0 Å². The van der Waals surface area contributed by atoms with Crippen LogP contribution in [-0.2, 0) is 0 Å². The van der Waals surface area contributed by atoms with Crippen LogP contribution in [0.2, 0.25) is 5.02 Å². The minimum absolute atomic E-state index is 0.400. The van der Waals surface area contributed by atoms with Crippen LogP contribution in [0.5, 0.6) is 0 Å². The molecule has 0 amide bonds. The average molecular weight is 259 g/mol. The van der Waals surface area contributed by atoms with Crippen molar-refractivity contribution in [3.63, 3.8) is 0 Å². The maximum Gasteiger partial charge on any atom is 0.152 e. The minimum atomic E-state index is 0.400. The van der Waals surface area contributed by atoms with Crippen molar-refractivity contribution in [1.29, 1.82) is 5.26 Å². The Morgan fingerprint density at radius 2 is 2.11 bits per heavy atom. The van der Waals surface area contributed by atoms with Gasteiger partial charge in [0.1, 0.15) is 17.5 Å². The van der Waals surface area contributed by atoms with Crippen LogP contribution in [0, 0.1) is 25.2 Å². The predicted octanol–water partition coefficient (Wildman–Crippen LogP) is 3.36. The summed E-state index contributed by atoms with van der Waals surface area (Å²) in [6.07, 6.45) is 1.50. The highest BCUT2D eigenvalue weighted by Gasteiger charge is 2.06. The second-order valence-electron chi connectivity index (χ2n) is 3.88. The van der Waals surface area contributed by atoms with Gasteiger partial charge in [-0.2, -0.15) is 5.26 Å². The van der Waals surface area contributed by atoms with Gasteiger partial charge in [0.15, 0.2) is 5.82 Å². The fourth-order valence-electron chi connectivity index (χ4n) is 1.45. The molecule has 0 unspecified atom stereocenters. The summed E-state index contributed by atoms with van der Waals surface area (Å²) in [5.41, 5.74) is 2.19. The first-order valence-corrected chi connectivity index (χ1v) is 5.75. The molecule has 90 valence electrons. The molecule has 0 aliphatic carbocycles. The van der Waals surface area contributed by atoms with Crippen molar-refractivity contribution >= 4 is 23.1 Å². The summed E-state index contributed by atoms with van der Waals surface area (Å²) in [5, 5.41) is 12.7. The summed E-state index contributed by atoms with van der Waals surface area (Å²) in [5.74, 6) is 1.10. The molecular formula is C13H11ClN4. The van der Waals surface area contributed by atoms with Crippen LogP contribution in [-0.4, -0.2) is 9.97 Å². The molecular weight excluding hydrogens is 248 g/mol. The molecule has 0 bridgehead atoms. The monoisotopic (exact) mass is 258 g/mol. The maximum absolute atomic E-state index is 8.99. The first-order valence-electron chi connectivity index (χ1n) is 5.37. The summed E-state index contributed by atoms with van der Waals surface area (Å²) in [6, 6.07) is 7.65. The van der Waals surface area contributed by atoms with Crippen molar-refractivity contribution < 1.29 is 0 Å². The van der Waals surface area contributed by atoms with Gasteiger partial charge in [-0.05, 0) is 31.5 Å². The number of nitrogens with zero attached hydrogens (tertiary/aromatic N) is 3. The number of aryl methyl sites for hydroxylation is 2. The number of aromatic nitrogens is 2. The van der Waals surface area contributed by atoms with E-state index in [4.69, 9.17) is 16.9 Å².